The number of hydrogen-bond donors (Lipinski definition) is 0. The number of unbranched alkanes of at least 4 members (excludes halogenated alkanes) is 1. The van der Waals surface area contributed by atoms with Crippen molar-refractivity contribution in [3.63, 3.8) is 0 Å². The van der Waals surface area contributed by atoms with E-state index in [0.29, 0.717) is 6.42 Å². The van der Waals surface area contributed by atoms with Gasteiger partial charge in [-0.1, -0.05) is 25.8 Å². The summed E-state index contributed by atoms with van der Waals surface area (Å²) in [6.07, 6.45) is 4.84. The van der Waals surface area contributed by atoms with E-state index in [-0.39, 0.29) is 12.1 Å². The van der Waals surface area contributed by atoms with E-state index in [9.17, 15) is 4.79 Å². The third kappa shape index (κ3) is 5.08. The fraction of sp³-hybridized carbons (Fsp3) is 0.786. The first-order chi connectivity index (χ1) is 8.98. The fourth-order valence-corrected chi connectivity index (χ4v) is 4.38. The van der Waals surface area contributed by atoms with Crippen LogP contribution in [-0.2, 0) is 18.4 Å². The minimum absolute atomic E-state index is 0.137. The zero-order chi connectivity index (χ0) is 14.9. The summed E-state index contributed by atoms with van der Waals surface area (Å²) in [5, 5.41) is -0.675. The van der Waals surface area contributed by atoms with Crippen molar-refractivity contribution in [2.75, 3.05) is 14.2 Å². The van der Waals surface area contributed by atoms with Gasteiger partial charge in [0.25, 0.3) is 0 Å². The Balaban J connectivity index is 5.32. The maximum Gasteiger partial charge on any atom is 0.339 e. The van der Waals surface area contributed by atoms with Gasteiger partial charge in [0.1, 0.15) is 5.04 Å². The Kier molecular flexibility index (Phi) is 8.96. The summed E-state index contributed by atoms with van der Waals surface area (Å²) in [4.78, 5) is 12.5. The molecule has 1 unspecified atom stereocenters. The topological polar surface area (TPSA) is 44.8 Å². The van der Waals surface area contributed by atoms with Gasteiger partial charge in [0.05, 0.1) is 6.10 Å². The monoisotopic (exact) mass is 288 g/mol. The molecule has 1 atom stereocenters. The summed E-state index contributed by atoms with van der Waals surface area (Å²) in [5.41, 5.74) is 0. The molecule has 0 radical (unpaired) electrons. The van der Waals surface area contributed by atoms with Crippen molar-refractivity contribution in [2.45, 2.75) is 57.6 Å². The van der Waals surface area contributed by atoms with Gasteiger partial charge in [-0.2, -0.15) is 0 Å². The second kappa shape index (κ2) is 9.28. The zero-order valence-corrected chi connectivity index (χ0v) is 14.1. The van der Waals surface area contributed by atoms with Crippen molar-refractivity contribution < 1.29 is 18.4 Å². The molecular formula is C14H28O4Si. The van der Waals surface area contributed by atoms with Gasteiger partial charge >= 0.3 is 15.3 Å². The molecule has 0 aliphatic rings. The van der Waals surface area contributed by atoms with E-state index < -0.39 is 14.3 Å². The molecule has 0 aliphatic heterocycles. The fourth-order valence-electron chi connectivity index (χ4n) is 2.23. The largest absolute Gasteiger partial charge is 0.463 e. The lowest BCUT2D eigenvalue weighted by atomic mass is 9.97. The molecule has 0 aliphatic carbocycles. The minimum atomic E-state index is -2.15. The Labute approximate surface area is 119 Å². The van der Waals surface area contributed by atoms with Gasteiger partial charge in [0, 0.05) is 14.2 Å². The number of rotatable bonds is 10. The quantitative estimate of drug-likeness (QED) is 0.352. The second-order valence-corrected chi connectivity index (χ2v) is 7.72. The summed E-state index contributed by atoms with van der Waals surface area (Å²) >= 11 is 0. The van der Waals surface area contributed by atoms with Crippen LogP contribution in [-0.4, -0.2) is 35.6 Å². The molecule has 0 aromatic carbocycles. The number of ether oxygens (including phenoxy) is 1. The lowest BCUT2D eigenvalue weighted by Gasteiger charge is -2.35. The van der Waals surface area contributed by atoms with E-state index in [2.05, 4.69) is 13.5 Å². The predicted molar refractivity (Wildman–Crippen MR) is 79.4 cm³/mol. The van der Waals surface area contributed by atoms with Crippen LogP contribution in [0.5, 0.6) is 0 Å². The van der Waals surface area contributed by atoms with Crippen LogP contribution in [0, 0.1) is 0 Å². The summed E-state index contributed by atoms with van der Waals surface area (Å²) in [6, 6.07) is 0. The van der Waals surface area contributed by atoms with Crippen molar-refractivity contribution in [3.05, 3.63) is 12.7 Å². The predicted octanol–water partition coefficient (Wildman–Crippen LogP) is 2.96. The standard InChI is InChI=1S/C14H28O4Si/c1-7-9-11-14(10-8-2,19(16-5)17-6)13(15)18-12(3)4/h8,12,19H,2,7,9-11H2,1,3-6H3. The normalized spacial score (nSPS) is 14.5. The van der Waals surface area contributed by atoms with Gasteiger partial charge in [0.2, 0.25) is 0 Å². The van der Waals surface area contributed by atoms with Crippen molar-refractivity contribution in [3.8, 4) is 0 Å². The second-order valence-electron chi connectivity index (χ2n) is 5.01. The third-order valence-corrected chi connectivity index (χ3v) is 5.63. The molecule has 5 heteroatoms. The SMILES string of the molecule is C=CCC(CCCC)(C(=O)OC(C)C)[SiH](OC)OC. The molecule has 19 heavy (non-hydrogen) atoms. The van der Waals surface area contributed by atoms with Crippen molar-refractivity contribution >= 4 is 15.3 Å². The highest BCUT2D eigenvalue weighted by atomic mass is 28.3. The maximum absolute atomic E-state index is 12.5. The first kappa shape index (κ1) is 18.3. The molecular weight excluding hydrogens is 260 g/mol. The summed E-state index contributed by atoms with van der Waals surface area (Å²) in [5.74, 6) is -0.212. The smallest absolute Gasteiger partial charge is 0.339 e. The van der Waals surface area contributed by atoms with E-state index in [1.165, 1.54) is 0 Å². The molecule has 0 N–H and O–H groups in total. The number of carbonyl (C=O) groups excluding carboxylic acids is 1. The number of carbonyl (C=O) groups is 1. The van der Waals surface area contributed by atoms with Gasteiger partial charge in [-0.15, -0.1) is 6.58 Å². The third-order valence-electron chi connectivity index (χ3n) is 3.11. The van der Waals surface area contributed by atoms with Gasteiger partial charge in [0.15, 0.2) is 0 Å². The molecule has 0 bridgehead atoms. The number of esters is 1. The maximum atomic E-state index is 12.5. The zero-order valence-electron chi connectivity index (χ0n) is 12.9. The van der Waals surface area contributed by atoms with Gasteiger partial charge in [-0.05, 0) is 26.7 Å². The summed E-state index contributed by atoms with van der Waals surface area (Å²) in [7, 11) is 1.05. The highest BCUT2D eigenvalue weighted by Gasteiger charge is 2.49. The molecule has 0 fully saturated rings. The van der Waals surface area contributed by atoms with Crippen LogP contribution < -0.4 is 0 Å². The van der Waals surface area contributed by atoms with Crippen LogP contribution in [0.25, 0.3) is 0 Å². The molecule has 0 rings (SSSR count). The molecule has 0 amide bonds. The molecule has 0 spiro atoms. The Hall–Kier alpha value is -0.653. The van der Waals surface area contributed by atoms with E-state index in [0.717, 1.165) is 19.3 Å². The average Bonchev–Trinajstić information content (AvgIpc) is 2.36. The minimum Gasteiger partial charge on any atom is -0.463 e. The molecule has 4 nitrogen and oxygen atoms in total. The molecule has 0 saturated carbocycles. The van der Waals surface area contributed by atoms with Crippen LogP contribution in [0.4, 0.5) is 0 Å². The van der Waals surface area contributed by atoms with Crippen LogP contribution in [0.15, 0.2) is 12.7 Å². The average molecular weight is 288 g/mol. The van der Waals surface area contributed by atoms with E-state index in [4.69, 9.17) is 13.6 Å². The summed E-state index contributed by atoms with van der Waals surface area (Å²) in [6.45, 7) is 9.58. The molecule has 0 aromatic heterocycles. The first-order valence-corrected chi connectivity index (χ1v) is 8.38. The van der Waals surface area contributed by atoms with Crippen molar-refractivity contribution in [1.29, 1.82) is 0 Å². The number of hydrogen-bond acceptors (Lipinski definition) is 4. The van der Waals surface area contributed by atoms with Crippen LogP contribution >= 0.6 is 0 Å². The number of allylic oxidation sites excluding steroid dienone is 1. The Morgan fingerprint density at radius 1 is 1.37 bits per heavy atom. The van der Waals surface area contributed by atoms with E-state index in [1.54, 1.807) is 20.3 Å². The van der Waals surface area contributed by atoms with E-state index >= 15 is 0 Å². The highest BCUT2D eigenvalue weighted by molar-refractivity contribution is 6.54. The summed E-state index contributed by atoms with van der Waals surface area (Å²) < 4.78 is 16.4. The van der Waals surface area contributed by atoms with Crippen molar-refractivity contribution in [1.82, 2.24) is 0 Å². The van der Waals surface area contributed by atoms with Crippen LogP contribution in [0.1, 0.15) is 46.5 Å². The van der Waals surface area contributed by atoms with Gasteiger partial charge in [-0.3, -0.25) is 4.79 Å². The van der Waals surface area contributed by atoms with Gasteiger partial charge < -0.3 is 13.6 Å². The van der Waals surface area contributed by atoms with E-state index in [1.807, 2.05) is 13.8 Å². The van der Waals surface area contributed by atoms with Crippen LogP contribution in [0.2, 0.25) is 5.04 Å². The first-order valence-electron chi connectivity index (χ1n) is 6.86. The molecule has 112 valence electrons. The Morgan fingerprint density at radius 2 is 1.95 bits per heavy atom. The van der Waals surface area contributed by atoms with Crippen LogP contribution in [0.3, 0.4) is 0 Å². The highest BCUT2D eigenvalue weighted by Crippen LogP contribution is 2.42. The lowest BCUT2D eigenvalue weighted by Crippen LogP contribution is -2.44. The van der Waals surface area contributed by atoms with Crippen molar-refractivity contribution in [2.24, 2.45) is 0 Å². The molecule has 0 aromatic rings. The Morgan fingerprint density at radius 3 is 2.32 bits per heavy atom. The van der Waals surface area contributed by atoms with Gasteiger partial charge in [-0.25, -0.2) is 0 Å². The Bertz CT molecular complexity index is 277. The molecule has 0 saturated heterocycles. The molecule has 0 heterocycles. The lowest BCUT2D eigenvalue weighted by molar-refractivity contribution is -0.152.